The van der Waals surface area contributed by atoms with E-state index in [-0.39, 0.29) is 17.6 Å². The zero-order valence-electron chi connectivity index (χ0n) is 15.6. The summed E-state index contributed by atoms with van der Waals surface area (Å²) in [4.78, 5) is 12.6. The Bertz CT molecular complexity index is 1200. The van der Waals surface area contributed by atoms with E-state index in [0.29, 0.717) is 30.5 Å². The summed E-state index contributed by atoms with van der Waals surface area (Å²) >= 11 is 0. The highest BCUT2D eigenvalue weighted by Crippen LogP contribution is 2.32. The van der Waals surface area contributed by atoms with E-state index in [1.807, 2.05) is 43.3 Å². The maximum absolute atomic E-state index is 12.6. The quantitative estimate of drug-likeness (QED) is 0.553. The molecule has 4 aromatic rings. The van der Waals surface area contributed by atoms with E-state index < -0.39 is 0 Å². The van der Waals surface area contributed by atoms with Gasteiger partial charge in [-0.25, -0.2) is 0 Å². The van der Waals surface area contributed by atoms with Crippen LogP contribution >= 0.6 is 0 Å². The Morgan fingerprint density at radius 2 is 1.97 bits per heavy atom. The third-order valence-electron chi connectivity index (χ3n) is 4.88. The average Bonchev–Trinajstić information content (AvgIpc) is 3.42. The number of hydrogen-bond acceptors (Lipinski definition) is 6. The summed E-state index contributed by atoms with van der Waals surface area (Å²) in [5.74, 6) is 1.61. The zero-order valence-corrected chi connectivity index (χ0v) is 15.6. The maximum Gasteiger partial charge on any atom is 0.273 e. The van der Waals surface area contributed by atoms with Gasteiger partial charge < -0.3 is 19.3 Å². The number of aromatic amines is 1. The summed E-state index contributed by atoms with van der Waals surface area (Å²) in [6, 6.07) is 12.8. The average molecular weight is 390 g/mol. The first-order chi connectivity index (χ1) is 14.2. The van der Waals surface area contributed by atoms with Gasteiger partial charge in [-0.15, -0.1) is 0 Å². The van der Waals surface area contributed by atoms with Crippen molar-refractivity contribution < 1.29 is 18.8 Å². The van der Waals surface area contributed by atoms with Crippen LogP contribution in [0.25, 0.3) is 22.2 Å². The van der Waals surface area contributed by atoms with Crippen molar-refractivity contribution in [2.45, 2.75) is 13.0 Å². The molecule has 8 nitrogen and oxygen atoms in total. The van der Waals surface area contributed by atoms with Crippen molar-refractivity contribution in [1.82, 2.24) is 20.7 Å². The second kappa shape index (κ2) is 6.97. The molecule has 0 aliphatic carbocycles. The van der Waals surface area contributed by atoms with Gasteiger partial charge in [0.25, 0.3) is 5.91 Å². The fraction of sp³-hybridized carbons (Fsp3) is 0.190. The number of nitrogens with one attached hydrogen (secondary N) is 2. The molecule has 146 valence electrons. The SMILES string of the molecule is CC(NC(=O)c1cc(-c2ccc3[nH]ncc3c2)on1)c1ccc2c(c1)OCCO2. The minimum atomic E-state index is -0.313. The van der Waals surface area contributed by atoms with Gasteiger partial charge in [0.15, 0.2) is 23.0 Å². The van der Waals surface area contributed by atoms with Crippen molar-refractivity contribution in [3.05, 3.63) is 59.9 Å². The Kier molecular flexibility index (Phi) is 4.16. The molecule has 1 unspecified atom stereocenters. The summed E-state index contributed by atoms with van der Waals surface area (Å²) < 4.78 is 16.5. The van der Waals surface area contributed by atoms with Crippen LogP contribution in [0.5, 0.6) is 11.5 Å². The highest BCUT2D eigenvalue weighted by atomic mass is 16.6. The van der Waals surface area contributed by atoms with Crippen LogP contribution in [0.15, 0.2) is 53.2 Å². The van der Waals surface area contributed by atoms with Crippen LogP contribution in [-0.2, 0) is 0 Å². The van der Waals surface area contributed by atoms with E-state index >= 15 is 0 Å². The van der Waals surface area contributed by atoms with Crippen LogP contribution in [0.3, 0.4) is 0 Å². The van der Waals surface area contributed by atoms with Crippen LogP contribution < -0.4 is 14.8 Å². The number of aromatic nitrogens is 3. The van der Waals surface area contributed by atoms with Crippen LogP contribution in [0, 0.1) is 0 Å². The largest absolute Gasteiger partial charge is 0.486 e. The molecule has 2 aromatic carbocycles. The van der Waals surface area contributed by atoms with Gasteiger partial charge in [-0.1, -0.05) is 11.2 Å². The summed E-state index contributed by atoms with van der Waals surface area (Å²) in [7, 11) is 0. The third kappa shape index (κ3) is 3.29. The molecular weight excluding hydrogens is 372 g/mol. The number of rotatable bonds is 4. The van der Waals surface area contributed by atoms with E-state index in [1.165, 1.54) is 0 Å². The number of ether oxygens (including phenoxy) is 2. The zero-order chi connectivity index (χ0) is 19.8. The highest BCUT2D eigenvalue weighted by molar-refractivity contribution is 5.93. The molecule has 0 saturated carbocycles. The molecule has 0 bridgehead atoms. The summed E-state index contributed by atoms with van der Waals surface area (Å²) in [5.41, 5.74) is 2.89. The first kappa shape index (κ1) is 17.3. The Morgan fingerprint density at radius 3 is 2.86 bits per heavy atom. The van der Waals surface area contributed by atoms with Gasteiger partial charge in [-0.3, -0.25) is 9.89 Å². The number of hydrogen-bond donors (Lipinski definition) is 2. The van der Waals surface area contributed by atoms with Crippen molar-refractivity contribution >= 4 is 16.8 Å². The smallest absolute Gasteiger partial charge is 0.273 e. The number of benzene rings is 2. The molecule has 0 fully saturated rings. The molecular formula is C21H18N4O4. The molecule has 0 spiro atoms. The lowest BCUT2D eigenvalue weighted by Crippen LogP contribution is -2.27. The molecule has 1 aliphatic rings. The van der Waals surface area contributed by atoms with E-state index in [9.17, 15) is 4.79 Å². The lowest BCUT2D eigenvalue weighted by atomic mass is 10.1. The number of fused-ring (bicyclic) bond motifs is 2. The number of amides is 1. The fourth-order valence-electron chi connectivity index (χ4n) is 3.30. The van der Waals surface area contributed by atoms with Crippen molar-refractivity contribution in [2.75, 3.05) is 13.2 Å². The molecule has 1 atom stereocenters. The predicted molar refractivity (Wildman–Crippen MR) is 105 cm³/mol. The Hall–Kier alpha value is -3.81. The number of carbonyl (C=O) groups is 1. The highest BCUT2D eigenvalue weighted by Gasteiger charge is 2.19. The number of nitrogens with zero attached hydrogens (tertiary/aromatic N) is 2. The van der Waals surface area contributed by atoms with E-state index in [2.05, 4.69) is 20.7 Å². The lowest BCUT2D eigenvalue weighted by molar-refractivity contribution is 0.0930. The van der Waals surface area contributed by atoms with Gasteiger partial charge in [-0.2, -0.15) is 5.10 Å². The molecule has 29 heavy (non-hydrogen) atoms. The molecule has 0 saturated heterocycles. The van der Waals surface area contributed by atoms with Crippen LogP contribution in [0.4, 0.5) is 0 Å². The van der Waals surface area contributed by atoms with Gasteiger partial charge in [0.1, 0.15) is 13.2 Å². The van der Waals surface area contributed by atoms with Gasteiger partial charge in [-0.05, 0) is 42.8 Å². The van der Waals surface area contributed by atoms with E-state index in [4.69, 9.17) is 14.0 Å². The van der Waals surface area contributed by atoms with Gasteiger partial charge >= 0.3 is 0 Å². The monoisotopic (exact) mass is 390 g/mol. The molecule has 8 heteroatoms. The predicted octanol–water partition coefficient (Wildman–Crippen LogP) is 3.48. The minimum absolute atomic E-state index is 0.219. The van der Waals surface area contributed by atoms with Crippen LogP contribution in [0.1, 0.15) is 29.0 Å². The summed E-state index contributed by atoms with van der Waals surface area (Å²) in [6.45, 7) is 2.96. The Morgan fingerprint density at radius 1 is 1.10 bits per heavy atom. The number of H-pyrrole nitrogens is 1. The Labute approximate surface area is 165 Å². The van der Waals surface area contributed by atoms with Gasteiger partial charge in [0.05, 0.1) is 17.8 Å². The van der Waals surface area contributed by atoms with Crippen molar-refractivity contribution in [3.63, 3.8) is 0 Å². The van der Waals surface area contributed by atoms with E-state index in [1.54, 1.807) is 12.3 Å². The summed E-state index contributed by atoms with van der Waals surface area (Å²) in [6.07, 6.45) is 1.73. The second-order valence-electron chi connectivity index (χ2n) is 6.85. The summed E-state index contributed by atoms with van der Waals surface area (Å²) in [5, 5.41) is 14.7. The molecule has 2 aromatic heterocycles. The second-order valence-corrected chi connectivity index (χ2v) is 6.85. The maximum atomic E-state index is 12.6. The fourth-order valence-corrected chi connectivity index (χ4v) is 3.30. The molecule has 3 heterocycles. The minimum Gasteiger partial charge on any atom is -0.486 e. The van der Waals surface area contributed by atoms with E-state index in [0.717, 1.165) is 22.0 Å². The van der Waals surface area contributed by atoms with Crippen LogP contribution in [0.2, 0.25) is 0 Å². The molecule has 0 radical (unpaired) electrons. The van der Waals surface area contributed by atoms with Crippen molar-refractivity contribution in [1.29, 1.82) is 0 Å². The topological polar surface area (TPSA) is 102 Å². The molecule has 1 amide bonds. The standard InChI is InChI=1S/C21H18N4O4/c1-12(13-3-5-18-20(9-13)28-7-6-27-18)23-21(26)17-10-19(29-25-17)14-2-4-16-15(8-14)11-22-24-16/h2-5,8-12H,6-7H2,1H3,(H,22,24)(H,23,26). The first-order valence-corrected chi connectivity index (χ1v) is 9.28. The molecule has 2 N–H and O–H groups in total. The third-order valence-corrected chi connectivity index (χ3v) is 4.88. The van der Waals surface area contributed by atoms with Crippen molar-refractivity contribution in [2.24, 2.45) is 0 Å². The van der Waals surface area contributed by atoms with Crippen molar-refractivity contribution in [3.8, 4) is 22.8 Å². The number of carbonyl (C=O) groups excluding carboxylic acids is 1. The Balaban J connectivity index is 1.32. The molecule has 1 aliphatic heterocycles. The molecule has 5 rings (SSSR count). The van der Waals surface area contributed by atoms with Crippen LogP contribution in [-0.4, -0.2) is 34.5 Å². The first-order valence-electron chi connectivity index (χ1n) is 9.28. The van der Waals surface area contributed by atoms with Gasteiger partial charge in [0.2, 0.25) is 0 Å². The normalized spacial score (nSPS) is 14.0. The lowest BCUT2D eigenvalue weighted by Gasteiger charge is -2.20. The van der Waals surface area contributed by atoms with Gasteiger partial charge in [0, 0.05) is 17.0 Å².